The molecule has 518 valence electrons. The van der Waals surface area contributed by atoms with Crippen molar-refractivity contribution in [2.75, 3.05) is 39.6 Å². The second-order valence-corrected chi connectivity index (χ2v) is 27.9. The van der Waals surface area contributed by atoms with Crippen LogP contribution in [0.1, 0.15) is 324 Å². The van der Waals surface area contributed by atoms with Gasteiger partial charge < -0.3 is 33.8 Å². The summed E-state index contributed by atoms with van der Waals surface area (Å²) in [5.41, 5.74) is 0. The van der Waals surface area contributed by atoms with E-state index >= 15 is 0 Å². The first-order valence-electron chi connectivity index (χ1n) is 35.3. The highest BCUT2D eigenvalue weighted by Crippen LogP contribution is 2.45. The Bertz CT molecular complexity index is 1810. The molecule has 0 aliphatic rings. The van der Waals surface area contributed by atoms with Crippen LogP contribution in [-0.2, 0) is 65.4 Å². The summed E-state index contributed by atoms with van der Waals surface area (Å²) in [6, 6.07) is 0. The molecule has 0 fully saturated rings. The van der Waals surface area contributed by atoms with E-state index in [9.17, 15) is 43.2 Å². The number of unbranched alkanes of at least 4 members (excludes halogenated alkanes) is 32. The molecular weight excluding hydrogens is 1160 g/mol. The minimum atomic E-state index is -4.96. The SMILES string of the molecule is CCCCCC/C=C\C=C/CCCCCCCC(=O)OC[C@H](COP(=O)(O)OC[C@@H](O)COP(=O)(O)OC[C@@H](COC(=O)CCCCCCCCC)OC(=O)CCCCCCCCC(C)CC)OC(=O)CCCCCCCCCCCCCCCC(C)C. The highest BCUT2D eigenvalue weighted by atomic mass is 31.2. The largest absolute Gasteiger partial charge is 0.472 e. The number of carbonyl (C=O) groups excluding carboxylic acids is 4. The molecule has 0 aromatic heterocycles. The fourth-order valence-electron chi connectivity index (χ4n) is 9.84. The Kier molecular flexibility index (Phi) is 59.1. The second kappa shape index (κ2) is 60.8. The summed E-state index contributed by atoms with van der Waals surface area (Å²) in [6.45, 7) is 9.39. The first-order chi connectivity index (χ1) is 42.4. The van der Waals surface area contributed by atoms with Crippen molar-refractivity contribution < 1.29 is 80.2 Å². The molecule has 0 aromatic carbocycles. The number of carbonyl (C=O) groups is 4. The summed E-state index contributed by atoms with van der Waals surface area (Å²) in [5, 5.41) is 10.6. The number of esters is 4. The van der Waals surface area contributed by atoms with E-state index in [-0.39, 0.29) is 25.7 Å². The molecule has 3 N–H and O–H groups in total. The first kappa shape index (κ1) is 85.5. The lowest BCUT2D eigenvalue weighted by Crippen LogP contribution is -2.30. The Labute approximate surface area is 535 Å². The highest BCUT2D eigenvalue weighted by Gasteiger charge is 2.30. The molecule has 0 rings (SSSR count). The number of hydrogen-bond donors (Lipinski definition) is 3. The van der Waals surface area contributed by atoms with Gasteiger partial charge in [-0.2, -0.15) is 0 Å². The smallest absolute Gasteiger partial charge is 0.462 e. The number of aliphatic hydroxyl groups excluding tert-OH is 1. The summed E-state index contributed by atoms with van der Waals surface area (Å²) < 4.78 is 68.1. The van der Waals surface area contributed by atoms with Crippen LogP contribution in [0, 0.1) is 11.8 Å². The van der Waals surface area contributed by atoms with Gasteiger partial charge in [0.15, 0.2) is 12.2 Å². The molecule has 0 aliphatic carbocycles. The van der Waals surface area contributed by atoms with Crippen LogP contribution in [0.15, 0.2) is 24.3 Å². The lowest BCUT2D eigenvalue weighted by atomic mass is 10.00. The van der Waals surface area contributed by atoms with E-state index in [1.54, 1.807) is 0 Å². The van der Waals surface area contributed by atoms with Crippen molar-refractivity contribution in [2.45, 2.75) is 342 Å². The van der Waals surface area contributed by atoms with Gasteiger partial charge in [-0.1, -0.05) is 271 Å². The van der Waals surface area contributed by atoms with Crippen LogP contribution in [0.3, 0.4) is 0 Å². The van der Waals surface area contributed by atoms with Crippen molar-refractivity contribution in [2.24, 2.45) is 11.8 Å². The van der Waals surface area contributed by atoms with E-state index in [2.05, 4.69) is 65.8 Å². The van der Waals surface area contributed by atoms with Crippen LogP contribution in [0.5, 0.6) is 0 Å². The molecule has 6 atom stereocenters. The fourth-order valence-corrected chi connectivity index (χ4v) is 11.4. The third-order valence-electron chi connectivity index (χ3n) is 15.7. The Balaban J connectivity index is 5.25. The van der Waals surface area contributed by atoms with Crippen molar-refractivity contribution in [3.05, 3.63) is 24.3 Å². The lowest BCUT2D eigenvalue weighted by Gasteiger charge is -2.21. The van der Waals surface area contributed by atoms with Crippen LogP contribution in [0.4, 0.5) is 0 Å². The number of hydrogen-bond acceptors (Lipinski definition) is 15. The summed E-state index contributed by atoms with van der Waals surface area (Å²) in [5.74, 6) is -0.661. The maximum absolute atomic E-state index is 13.0. The standard InChI is InChI=1S/C69H130O17P2/c1-7-10-12-14-16-17-18-19-20-23-26-29-33-40-46-52-67(72)80-58-64(85-68(73)53-47-41-34-30-27-24-21-22-25-28-32-37-43-49-61(4)5)59-83-87(75,76)81-55-63(70)56-82-88(77,78)84-60-65(57-79-66(71)51-45-39-31-15-13-11-8-2)86-69(74)54-48-42-36-35-38-44-50-62(6)9-3/h17-20,61-65,70H,7-16,21-60H2,1-6H3,(H,75,76)(H,77,78)/b18-17-,20-19-/t62?,63-,64-,65-/m1/s1. The van der Waals surface area contributed by atoms with Gasteiger partial charge in [-0.05, 0) is 63.2 Å². The first-order valence-corrected chi connectivity index (χ1v) is 38.3. The molecule has 0 aliphatic heterocycles. The van der Waals surface area contributed by atoms with Gasteiger partial charge in [-0.25, -0.2) is 9.13 Å². The van der Waals surface area contributed by atoms with E-state index in [4.69, 9.17) is 37.0 Å². The maximum Gasteiger partial charge on any atom is 0.472 e. The minimum Gasteiger partial charge on any atom is -0.462 e. The Morgan fingerprint density at radius 1 is 0.375 bits per heavy atom. The number of phosphoric acid groups is 2. The zero-order valence-corrected chi connectivity index (χ0v) is 58.3. The molecule has 3 unspecified atom stereocenters. The monoisotopic (exact) mass is 1290 g/mol. The Morgan fingerprint density at radius 3 is 1.02 bits per heavy atom. The fraction of sp³-hybridized carbons (Fsp3) is 0.884. The van der Waals surface area contributed by atoms with Crippen molar-refractivity contribution in [3.63, 3.8) is 0 Å². The van der Waals surface area contributed by atoms with Crippen LogP contribution in [0.2, 0.25) is 0 Å². The molecule has 0 heterocycles. The minimum absolute atomic E-state index is 0.0999. The van der Waals surface area contributed by atoms with Gasteiger partial charge in [-0.15, -0.1) is 0 Å². The molecule has 0 spiro atoms. The van der Waals surface area contributed by atoms with Gasteiger partial charge >= 0.3 is 39.5 Å². The Morgan fingerprint density at radius 2 is 0.670 bits per heavy atom. The lowest BCUT2D eigenvalue weighted by molar-refractivity contribution is -0.161. The predicted octanol–water partition coefficient (Wildman–Crippen LogP) is 19.2. The normalized spacial score (nSPS) is 14.7. The molecule has 0 amide bonds. The number of rotatable bonds is 66. The molecular formula is C69H130O17P2. The molecule has 0 saturated heterocycles. The quantitative estimate of drug-likeness (QED) is 0.0169. The topological polar surface area (TPSA) is 237 Å². The number of aliphatic hydroxyl groups is 1. The molecule has 0 bridgehead atoms. The molecule has 17 nitrogen and oxygen atoms in total. The highest BCUT2D eigenvalue weighted by molar-refractivity contribution is 7.47. The molecule has 0 aromatic rings. The average molecular weight is 1290 g/mol. The van der Waals surface area contributed by atoms with Crippen molar-refractivity contribution >= 4 is 39.5 Å². The van der Waals surface area contributed by atoms with Gasteiger partial charge in [0.05, 0.1) is 26.4 Å². The van der Waals surface area contributed by atoms with Gasteiger partial charge in [0, 0.05) is 25.7 Å². The summed E-state index contributed by atoms with van der Waals surface area (Å²) in [4.78, 5) is 72.3. The molecule has 88 heavy (non-hydrogen) atoms. The van der Waals surface area contributed by atoms with Crippen LogP contribution in [-0.4, -0.2) is 96.7 Å². The van der Waals surface area contributed by atoms with E-state index in [0.29, 0.717) is 25.7 Å². The molecule has 0 saturated carbocycles. The van der Waals surface area contributed by atoms with Crippen LogP contribution >= 0.6 is 15.6 Å². The number of ether oxygens (including phenoxy) is 4. The second-order valence-electron chi connectivity index (χ2n) is 24.9. The third kappa shape index (κ3) is 61.1. The van der Waals surface area contributed by atoms with Gasteiger partial charge in [-0.3, -0.25) is 37.3 Å². The molecule has 19 heteroatoms. The number of phosphoric ester groups is 2. The van der Waals surface area contributed by atoms with Gasteiger partial charge in [0.2, 0.25) is 0 Å². The van der Waals surface area contributed by atoms with Crippen molar-refractivity contribution in [3.8, 4) is 0 Å². The predicted molar refractivity (Wildman–Crippen MR) is 354 cm³/mol. The van der Waals surface area contributed by atoms with Crippen molar-refractivity contribution in [1.82, 2.24) is 0 Å². The van der Waals surface area contributed by atoms with Gasteiger partial charge in [0.25, 0.3) is 0 Å². The molecule has 0 radical (unpaired) electrons. The van der Waals surface area contributed by atoms with Crippen LogP contribution < -0.4 is 0 Å². The maximum atomic E-state index is 13.0. The van der Waals surface area contributed by atoms with E-state index in [1.165, 1.54) is 109 Å². The van der Waals surface area contributed by atoms with E-state index in [1.807, 2.05) is 0 Å². The summed E-state index contributed by atoms with van der Waals surface area (Å²) >= 11 is 0. The average Bonchev–Trinajstić information content (AvgIpc) is 3.71. The third-order valence-corrected chi connectivity index (χ3v) is 17.6. The van der Waals surface area contributed by atoms with E-state index < -0.39 is 97.5 Å². The van der Waals surface area contributed by atoms with Crippen LogP contribution in [0.25, 0.3) is 0 Å². The zero-order chi connectivity index (χ0) is 65.0. The van der Waals surface area contributed by atoms with Gasteiger partial charge in [0.1, 0.15) is 19.3 Å². The van der Waals surface area contributed by atoms with E-state index in [0.717, 1.165) is 134 Å². The van der Waals surface area contributed by atoms with Crippen molar-refractivity contribution in [1.29, 1.82) is 0 Å². The number of allylic oxidation sites excluding steroid dienone is 4. The Hall–Kier alpha value is -2.46. The zero-order valence-electron chi connectivity index (χ0n) is 56.5. The summed E-state index contributed by atoms with van der Waals surface area (Å²) in [7, 11) is -9.90. The summed E-state index contributed by atoms with van der Waals surface area (Å²) in [6.07, 6.45) is 48.2.